The third-order valence-electron chi connectivity index (χ3n) is 4.92. The Balaban J connectivity index is 1.81. The van der Waals surface area contributed by atoms with Crippen LogP contribution in [0, 0.1) is 0 Å². The quantitative estimate of drug-likeness (QED) is 0.796. The van der Waals surface area contributed by atoms with Crippen molar-refractivity contribution in [3.05, 3.63) is 0 Å². The summed E-state index contributed by atoms with van der Waals surface area (Å²) in [7, 11) is 0. The van der Waals surface area contributed by atoms with Gasteiger partial charge in [0.15, 0.2) is 0 Å². The van der Waals surface area contributed by atoms with Crippen LogP contribution >= 0.6 is 0 Å². The number of nitrogens with two attached hydrogens (primary N) is 1. The summed E-state index contributed by atoms with van der Waals surface area (Å²) in [6.45, 7) is 4.14. The van der Waals surface area contributed by atoms with Gasteiger partial charge in [0.25, 0.3) is 0 Å². The maximum absolute atomic E-state index is 12.4. The lowest BCUT2D eigenvalue weighted by atomic mass is 9.80. The molecule has 1 saturated carbocycles. The van der Waals surface area contributed by atoms with E-state index in [0.717, 1.165) is 25.7 Å². The van der Waals surface area contributed by atoms with Crippen molar-refractivity contribution in [2.45, 2.75) is 57.0 Å². The Labute approximate surface area is 126 Å². The minimum absolute atomic E-state index is 0.127. The van der Waals surface area contributed by atoms with E-state index in [1.165, 1.54) is 6.42 Å². The van der Waals surface area contributed by atoms with Gasteiger partial charge in [0.2, 0.25) is 5.91 Å². The third kappa shape index (κ3) is 4.17. The highest BCUT2D eigenvalue weighted by molar-refractivity contribution is 5.77. The first-order chi connectivity index (χ1) is 9.91. The van der Waals surface area contributed by atoms with Gasteiger partial charge < -0.3 is 15.7 Å². The van der Waals surface area contributed by atoms with E-state index < -0.39 is 12.0 Å². The number of hydrogen-bond donors (Lipinski definition) is 2. The second kappa shape index (κ2) is 6.75. The number of aliphatic carboxylic acids is 1. The first kappa shape index (κ1) is 16.2. The minimum atomic E-state index is -0.808. The van der Waals surface area contributed by atoms with Crippen LogP contribution in [-0.2, 0) is 9.59 Å². The van der Waals surface area contributed by atoms with Crippen molar-refractivity contribution in [2.75, 3.05) is 26.2 Å². The zero-order valence-corrected chi connectivity index (χ0v) is 12.9. The van der Waals surface area contributed by atoms with Gasteiger partial charge in [-0.25, -0.2) is 0 Å². The summed E-state index contributed by atoms with van der Waals surface area (Å²) in [4.78, 5) is 27.1. The van der Waals surface area contributed by atoms with E-state index in [1.807, 2.05) is 9.80 Å². The molecule has 1 aliphatic carbocycles. The topological polar surface area (TPSA) is 86.9 Å². The number of carbonyl (C=O) groups excluding carboxylic acids is 1. The molecule has 0 aromatic heterocycles. The molecular weight excluding hydrogens is 270 g/mol. The smallest absolute Gasteiger partial charge is 0.320 e. The maximum atomic E-state index is 12.4. The molecule has 0 aromatic carbocycles. The van der Waals surface area contributed by atoms with Crippen LogP contribution in [0.3, 0.4) is 0 Å². The Morgan fingerprint density at radius 2 is 1.71 bits per heavy atom. The number of amides is 1. The molecule has 1 atom stereocenters. The van der Waals surface area contributed by atoms with Gasteiger partial charge in [-0.2, -0.15) is 0 Å². The first-order valence-electron chi connectivity index (χ1n) is 7.95. The van der Waals surface area contributed by atoms with Crippen molar-refractivity contribution in [1.29, 1.82) is 0 Å². The number of carboxylic acids is 1. The van der Waals surface area contributed by atoms with Gasteiger partial charge in [-0.05, 0) is 19.8 Å². The van der Waals surface area contributed by atoms with Crippen LogP contribution in [-0.4, -0.2) is 64.5 Å². The summed E-state index contributed by atoms with van der Waals surface area (Å²) in [6.07, 6.45) is 5.77. The number of piperazine rings is 1. The van der Waals surface area contributed by atoms with Gasteiger partial charge in [0.1, 0.15) is 6.04 Å². The van der Waals surface area contributed by atoms with Crippen LogP contribution in [0.4, 0.5) is 0 Å². The van der Waals surface area contributed by atoms with Crippen LogP contribution in [0.15, 0.2) is 0 Å². The van der Waals surface area contributed by atoms with Crippen LogP contribution in [0.1, 0.15) is 45.4 Å². The molecular formula is C15H27N3O3. The molecule has 21 heavy (non-hydrogen) atoms. The average molecular weight is 297 g/mol. The van der Waals surface area contributed by atoms with Gasteiger partial charge in [0.05, 0.1) is 0 Å². The zero-order valence-electron chi connectivity index (χ0n) is 12.9. The SMILES string of the molecule is CC(C(=O)O)N1CCN(C(=O)CC2(N)CCCCC2)CC1. The average Bonchev–Trinajstić information content (AvgIpc) is 2.46. The molecule has 1 saturated heterocycles. The molecule has 0 spiro atoms. The van der Waals surface area contributed by atoms with Crippen molar-refractivity contribution in [3.63, 3.8) is 0 Å². The Bertz CT molecular complexity index is 386. The summed E-state index contributed by atoms with van der Waals surface area (Å²) in [5.74, 6) is -0.681. The Hall–Kier alpha value is -1.14. The second-order valence-electron chi connectivity index (χ2n) is 6.53. The molecule has 2 rings (SSSR count). The van der Waals surface area contributed by atoms with Crippen LogP contribution < -0.4 is 5.73 Å². The van der Waals surface area contributed by atoms with Gasteiger partial charge in [0, 0.05) is 38.1 Å². The summed E-state index contributed by atoms with van der Waals surface area (Å²) in [6, 6.07) is -0.485. The third-order valence-corrected chi connectivity index (χ3v) is 4.92. The normalized spacial score (nSPS) is 24.6. The second-order valence-corrected chi connectivity index (χ2v) is 6.53. The lowest BCUT2D eigenvalue weighted by Gasteiger charge is -2.39. The van der Waals surface area contributed by atoms with E-state index in [1.54, 1.807) is 6.92 Å². The number of hydrogen-bond acceptors (Lipinski definition) is 4. The molecule has 6 heteroatoms. The number of nitrogens with zero attached hydrogens (tertiary/aromatic N) is 2. The molecule has 2 aliphatic rings. The van der Waals surface area contributed by atoms with Gasteiger partial charge in [-0.15, -0.1) is 0 Å². The predicted octanol–water partition coefficient (Wildman–Crippen LogP) is 0.655. The summed E-state index contributed by atoms with van der Waals surface area (Å²) in [5.41, 5.74) is 6.03. The van der Waals surface area contributed by atoms with Crippen molar-refractivity contribution in [2.24, 2.45) is 5.73 Å². The van der Waals surface area contributed by atoms with Crippen LogP contribution in [0.5, 0.6) is 0 Å². The highest BCUT2D eigenvalue weighted by Crippen LogP contribution is 2.29. The molecule has 0 aromatic rings. The van der Waals surface area contributed by atoms with Gasteiger partial charge in [-0.3, -0.25) is 14.5 Å². The number of carboxylic acid groups (broad SMARTS) is 1. The molecule has 1 amide bonds. The molecule has 0 radical (unpaired) electrons. The highest BCUT2D eigenvalue weighted by Gasteiger charge is 2.33. The monoisotopic (exact) mass is 297 g/mol. The van der Waals surface area contributed by atoms with Gasteiger partial charge in [-0.1, -0.05) is 19.3 Å². The molecule has 3 N–H and O–H groups in total. The van der Waals surface area contributed by atoms with E-state index >= 15 is 0 Å². The summed E-state index contributed by atoms with van der Waals surface area (Å²) in [5, 5.41) is 9.02. The van der Waals surface area contributed by atoms with Crippen LogP contribution in [0.25, 0.3) is 0 Å². The highest BCUT2D eigenvalue weighted by atomic mass is 16.4. The van der Waals surface area contributed by atoms with E-state index in [2.05, 4.69) is 0 Å². The molecule has 1 unspecified atom stereocenters. The Morgan fingerprint density at radius 1 is 1.14 bits per heavy atom. The van der Waals surface area contributed by atoms with E-state index in [-0.39, 0.29) is 11.4 Å². The predicted molar refractivity (Wildman–Crippen MR) is 79.9 cm³/mol. The Morgan fingerprint density at radius 3 is 2.24 bits per heavy atom. The fourth-order valence-electron chi connectivity index (χ4n) is 3.36. The van der Waals surface area contributed by atoms with Gasteiger partial charge >= 0.3 is 5.97 Å². The standard InChI is InChI=1S/C15H27N3O3/c1-12(14(20)21)17-7-9-18(10-8-17)13(19)11-15(16)5-3-2-4-6-15/h12H,2-11,16H2,1H3,(H,20,21). The molecule has 1 heterocycles. The molecule has 2 fully saturated rings. The fourth-order valence-corrected chi connectivity index (χ4v) is 3.36. The largest absolute Gasteiger partial charge is 0.480 e. The summed E-state index contributed by atoms with van der Waals surface area (Å²) >= 11 is 0. The minimum Gasteiger partial charge on any atom is -0.480 e. The van der Waals surface area contributed by atoms with E-state index in [9.17, 15) is 9.59 Å². The zero-order chi connectivity index (χ0) is 15.5. The molecule has 1 aliphatic heterocycles. The maximum Gasteiger partial charge on any atom is 0.320 e. The van der Waals surface area contributed by atoms with E-state index in [4.69, 9.17) is 10.8 Å². The fraction of sp³-hybridized carbons (Fsp3) is 0.867. The van der Waals surface area contributed by atoms with Crippen molar-refractivity contribution >= 4 is 11.9 Å². The van der Waals surface area contributed by atoms with Crippen molar-refractivity contribution in [3.8, 4) is 0 Å². The molecule has 120 valence electrons. The van der Waals surface area contributed by atoms with E-state index in [0.29, 0.717) is 32.6 Å². The lowest BCUT2D eigenvalue weighted by Crippen LogP contribution is -2.55. The molecule has 0 bridgehead atoms. The van der Waals surface area contributed by atoms with Crippen molar-refractivity contribution < 1.29 is 14.7 Å². The summed E-state index contributed by atoms with van der Waals surface area (Å²) < 4.78 is 0. The van der Waals surface area contributed by atoms with Crippen molar-refractivity contribution in [1.82, 2.24) is 9.80 Å². The number of rotatable bonds is 4. The molecule has 6 nitrogen and oxygen atoms in total. The first-order valence-corrected chi connectivity index (χ1v) is 7.95. The Kier molecular flexibility index (Phi) is 5.22. The van der Waals surface area contributed by atoms with Crippen LogP contribution in [0.2, 0.25) is 0 Å². The lowest BCUT2D eigenvalue weighted by molar-refractivity contribution is -0.144. The number of carbonyl (C=O) groups is 2.